The molecule has 1 heterocycles. The van der Waals surface area contributed by atoms with Gasteiger partial charge in [0.2, 0.25) is 0 Å². The number of aryl methyl sites for hydroxylation is 1. The van der Waals surface area contributed by atoms with Gasteiger partial charge < -0.3 is 9.84 Å². The first kappa shape index (κ1) is 10.1. The van der Waals surface area contributed by atoms with Crippen LogP contribution in [0.25, 0.3) is 0 Å². The topological polar surface area (TPSA) is 60.2 Å². The van der Waals surface area contributed by atoms with Crippen molar-refractivity contribution in [3.05, 3.63) is 11.9 Å². The second-order valence-electron chi connectivity index (χ2n) is 2.93. The molecule has 1 N–H and O–H groups in total. The van der Waals surface area contributed by atoms with Gasteiger partial charge in [-0.3, -0.25) is 4.68 Å². The molecule has 1 aromatic heterocycles. The number of aliphatic hydroxyl groups is 1. The maximum Gasteiger partial charge on any atom is 0.111 e. The van der Waals surface area contributed by atoms with Gasteiger partial charge in [-0.15, -0.1) is 5.10 Å². The average molecular weight is 185 g/mol. The van der Waals surface area contributed by atoms with E-state index in [4.69, 9.17) is 9.84 Å². The zero-order valence-corrected chi connectivity index (χ0v) is 7.97. The molecule has 1 unspecified atom stereocenters. The summed E-state index contributed by atoms with van der Waals surface area (Å²) < 4.78 is 6.62. The van der Waals surface area contributed by atoms with Gasteiger partial charge in [-0.05, 0) is 13.3 Å². The van der Waals surface area contributed by atoms with E-state index >= 15 is 0 Å². The molecule has 0 amide bonds. The fourth-order valence-corrected chi connectivity index (χ4v) is 0.985. The number of rotatable bonds is 5. The number of nitrogens with zero attached hydrogens (tertiary/aromatic N) is 3. The van der Waals surface area contributed by atoms with Crippen molar-refractivity contribution in [2.24, 2.45) is 0 Å². The molecular weight excluding hydrogens is 170 g/mol. The first-order chi connectivity index (χ1) is 6.24. The summed E-state index contributed by atoms with van der Waals surface area (Å²) >= 11 is 0. The van der Waals surface area contributed by atoms with E-state index < -0.39 is 6.10 Å². The van der Waals surface area contributed by atoms with Gasteiger partial charge in [-0.2, -0.15) is 0 Å². The van der Waals surface area contributed by atoms with E-state index in [0.717, 1.165) is 13.0 Å². The zero-order chi connectivity index (χ0) is 9.68. The Morgan fingerprint density at radius 2 is 2.46 bits per heavy atom. The molecular formula is C8H15N3O2. The molecule has 74 valence electrons. The van der Waals surface area contributed by atoms with E-state index in [2.05, 4.69) is 10.3 Å². The molecule has 0 saturated heterocycles. The van der Waals surface area contributed by atoms with Gasteiger partial charge in [0, 0.05) is 20.3 Å². The van der Waals surface area contributed by atoms with Crippen molar-refractivity contribution >= 4 is 0 Å². The Hall–Kier alpha value is -0.940. The molecule has 5 nitrogen and oxygen atoms in total. The highest BCUT2D eigenvalue weighted by atomic mass is 16.5. The van der Waals surface area contributed by atoms with Crippen LogP contribution in [0.4, 0.5) is 0 Å². The average Bonchev–Trinajstić information content (AvgIpc) is 2.53. The largest absolute Gasteiger partial charge is 0.387 e. The zero-order valence-electron chi connectivity index (χ0n) is 7.97. The Kier molecular flexibility index (Phi) is 3.85. The van der Waals surface area contributed by atoms with Gasteiger partial charge in [-0.1, -0.05) is 5.21 Å². The second-order valence-corrected chi connectivity index (χ2v) is 2.93. The third-order valence-corrected chi connectivity index (χ3v) is 1.72. The van der Waals surface area contributed by atoms with Crippen LogP contribution in [0.3, 0.4) is 0 Å². The minimum atomic E-state index is -0.545. The highest BCUT2D eigenvalue weighted by Crippen LogP contribution is 2.06. The van der Waals surface area contributed by atoms with Crippen LogP contribution >= 0.6 is 0 Å². The van der Waals surface area contributed by atoms with Crippen molar-refractivity contribution in [3.63, 3.8) is 0 Å². The third-order valence-electron chi connectivity index (χ3n) is 1.72. The maximum atomic E-state index is 9.17. The van der Waals surface area contributed by atoms with Crippen LogP contribution in [0.15, 0.2) is 6.20 Å². The molecule has 1 rings (SSSR count). The van der Waals surface area contributed by atoms with E-state index in [-0.39, 0.29) is 0 Å². The molecule has 1 atom stereocenters. The van der Waals surface area contributed by atoms with Crippen LogP contribution < -0.4 is 0 Å². The van der Waals surface area contributed by atoms with Crippen molar-refractivity contribution in [2.75, 3.05) is 13.7 Å². The molecule has 5 heteroatoms. The molecule has 0 fully saturated rings. The summed E-state index contributed by atoms with van der Waals surface area (Å²) in [4.78, 5) is 0. The van der Waals surface area contributed by atoms with Gasteiger partial charge in [0.05, 0.1) is 12.3 Å². The summed E-state index contributed by atoms with van der Waals surface area (Å²) in [5.74, 6) is 0. The van der Waals surface area contributed by atoms with Crippen molar-refractivity contribution in [2.45, 2.75) is 26.0 Å². The van der Waals surface area contributed by atoms with E-state index in [1.807, 2.05) is 0 Å². The van der Waals surface area contributed by atoms with Gasteiger partial charge in [0.15, 0.2) is 0 Å². The lowest BCUT2D eigenvalue weighted by molar-refractivity contribution is 0.188. The Morgan fingerprint density at radius 1 is 1.69 bits per heavy atom. The number of hydrogen-bond acceptors (Lipinski definition) is 4. The van der Waals surface area contributed by atoms with Crippen LogP contribution in [0, 0.1) is 0 Å². The van der Waals surface area contributed by atoms with Crippen LogP contribution in [-0.4, -0.2) is 33.8 Å². The Morgan fingerprint density at radius 3 is 3.00 bits per heavy atom. The van der Waals surface area contributed by atoms with Gasteiger partial charge in [0.25, 0.3) is 0 Å². The van der Waals surface area contributed by atoms with Crippen LogP contribution in [0.1, 0.15) is 25.1 Å². The number of hydrogen-bond donors (Lipinski definition) is 1. The van der Waals surface area contributed by atoms with Gasteiger partial charge in [0.1, 0.15) is 5.69 Å². The quantitative estimate of drug-likeness (QED) is 0.673. The number of ether oxygens (including phenoxy) is 1. The Bertz CT molecular complexity index is 247. The highest BCUT2D eigenvalue weighted by molar-refractivity contribution is 4.95. The fraction of sp³-hybridized carbons (Fsp3) is 0.750. The lowest BCUT2D eigenvalue weighted by Gasteiger charge is -1.98. The summed E-state index contributed by atoms with van der Waals surface area (Å²) in [5, 5.41) is 16.8. The molecule has 0 spiro atoms. The minimum Gasteiger partial charge on any atom is -0.387 e. The molecule has 1 aromatic rings. The minimum absolute atomic E-state index is 0.545. The molecule has 0 saturated carbocycles. The third kappa shape index (κ3) is 3.12. The predicted molar refractivity (Wildman–Crippen MR) is 47.1 cm³/mol. The Balaban J connectivity index is 2.40. The lowest BCUT2D eigenvalue weighted by atomic mass is 10.3. The van der Waals surface area contributed by atoms with E-state index in [1.165, 1.54) is 0 Å². The predicted octanol–water partition coefficient (Wildman–Crippen LogP) is 0.368. The van der Waals surface area contributed by atoms with E-state index in [0.29, 0.717) is 12.3 Å². The van der Waals surface area contributed by atoms with Gasteiger partial charge >= 0.3 is 0 Å². The van der Waals surface area contributed by atoms with E-state index in [1.54, 1.807) is 24.9 Å². The summed E-state index contributed by atoms with van der Waals surface area (Å²) in [7, 11) is 1.67. The smallest absolute Gasteiger partial charge is 0.111 e. The lowest BCUT2D eigenvalue weighted by Crippen LogP contribution is -2.01. The second kappa shape index (κ2) is 4.94. The molecule has 0 aromatic carbocycles. The van der Waals surface area contributed by atoms with Crippen LogP contribution in [-0.2, 0) is 11.3 Å². The molecule has 0 aliphatic heterocycles. The fourth-order valence-electron chi connectivity index (χ4n) is 0.985. The molecule has 0 aliphatic rings. The molecule has 0 radical (unpaired) electrons. The van der Waals surface area contributed by atoms with Crippen LogP contribution in [0.2, 0.25) is 0 Å². The SMILES string of the molecule is COCCCn1cc(C(C)O)nn1. The number of methoxy groups -OCH3 is 1. The first-order valence-electron chi connectivity index (χ1n) is 4.31. The van der Waals surface area contributed by atoms with E-state index in [9.17, 15) is 0 Å². The maximum absolute atomic E-state index is 9.17. The molecule has 0 bridgehead atoms. The number of aliphatic hydroxyl groups excluding tert-OH is 1. The molecule has 13 heavy (non-hydrogen) atoms. The molecule has 0 aliphatic carbocycles. The normalized spacial score (nSPS) is 13.2. The number of aromatic nitrogens is 3. The summed E-state index contributed by atoms with van der Waals surface area (Å²) in [6, 6.07) is 0. The van der Waals surface area contributed by atoms with Crippen molar-refractivity contribution in [3.8, 4) is 0 Å². The summed E-state index contributed by atoms with van der Waals surface area (Å²) in [5.41, 5.74) is 0.609. The summed E-state index contributed by atoms with van der Waals surface area (Å²) in [6.45, 7) is 3.15. The standard InChI is InChI=1S/C8H15N3O2/c1-7(12)8-6-11(10-9-8)4-3-5-13-2/h6-7,12H,3-5H2,1-2H3. The first-order valence-corrected chi connectivity index (χ1v) is 4.31. The monoisotopic (exact) mass is 185 g/mol. The van der Waals surface area contributed by atoms with Crippen molar-refractivity contribution in [1.29, 1.82) is 0 Å². The highest BCUT2D eigenvalue weighted by Gasteiger charge is 2.05. The Labute approximate surface area is 77.3 Å². The van der Waals surface area contributed by atoms with Crippen molar-refractivity contribution in [1.82, 2.24) is 15.0 Å². The van der Waals surface area contributed by atoms with Crippen molar-refractivity contribution < 1.29 is 9.84 Å². The van der Waals surface area contributed by atoms with Gasteiger partial charge in [-0.25, -0.2) is 0 Å². The van der Waals surface area contributed by atoms with Crippen LogP contribution in [0.5, 0.6) is 0 Å². The summed E-state index contributed by atoms with van der Waals surface area (Å²) in [6.07, 6.45) is 2.11.